The van der Waals surface area contributed by atoms with E-state index in [1.54, 1.807) is 32.1 Å². The van der Waals surface area contributed by atoms with Crippen LogP contribution in [0.3, 0.4) is 0 Å². The van der Waals surface area contributed by atoms with E-state index in [0.717, 1.165) is 5.41 Å². The van der Waals surface area contributed by atoms with E-state index in [-0.39, 0.29) is 0 Å². The van der Waals surface area contributed by atoms with Crippen molar-refractivity contribution in [2.75, 3.05) is 0 Å². The Bertz CT molecular complexity index is 511. The van der Waals surface area contributed by atoms with Gasteiger partial charge in [0.15, 0.2) is 0 Å². The molecule has 8 aliphatic carbocycles. The SMILES string of the molecule is C1CC2C1C1C2C2C1C1C2C2C1C1CC3CCC312. The van der Waals surface area contributed by atoms with Gasteiger partial charge in [-0.15, -0.1) is 0 Å². The van der Waals surface area contributed by atoms with Crippen LogP contribution >= 0.6 is 0 Å². The molecule has 0 N–H and O–H groups in total. The summed E-state index contributed by atoms with van der Waals surface area (Å²) in [6.45, 7) is 0. The van der Waals surface area contributed by atoms with Gasteiger partial charge in [0.2, 0.25) is 0 Å². The Labute approximate surface area is 109 Å². The fraction of sp³-hybridized carbons (Fsp3) is 1.00. The van der Waals surface area contributed by atoms with Crippen LogP contribution in [-0.4, -0.2) is 0 Å². The summed E-state index contributed by atoms with van der Waals surface area (Å²) in [5.74, 6) is 15.5. The second kappa shape index (κ2) is 1.97. The third kappa shape index (κ3) is 0.454. The second-order valence-electron chi connectivity index (χ2n) is 9.66. The molecule has 13 unspecified atom stereocenters. The van der Waals surface area contributed by atoms with Gasteiger partial charge in [0.05, 0.1) is 0 Å². The van der Waals surface area contributed by atoms with Gasteiger partial charge in [-0.25, -0.2) is 0 Å². The van der Waals surface area contributed by atoms with Crippen molar-refractivity contribution in [3.63, 3.8) is 0 Å². The fourth-order valence-corrected chi connectivity index (χ4v) is 10.3. The highest BCUT2D eigenvalue weighted by Gasteiger charge is 2.91. The summed E-state index contributed by atoms with van der Waals surface area (Å²) in [6, 6.07) is 0. The summed E-state index contributed by atoms with van der Waals surface area (Å²) < 4.78 is 0. The second-order valence-corrected chi connectivity index (χ2v) is 9.66. The Balaban J connectivity index is 1.20. The lowest BCUT2D eigenvalue weighted by molar-refractivity contribution is -0.489. The van der Waals surface area contributed by atoms with Crippen molar-refractivity contribution in [1.29, 1.82) is 0 Å². The van der Waals surface area contributed by atoms with Gasteiger partial charge in [-0.05, 0) is 109 Å². The molecule has 0 heteroatoms. The molecule has 18 heavy (non-hydrogen) atoms. The van der Waals surface area contributed by atoms with E-state index < -0.39 is 0 Å². The zero-order valence-corrected chi connectivity index (χ0v) is 11.0. The molecule has 0 aromatic carbocycles. The summed E-state index contributed by atoms with van der Waals surface area (Å²) in [4.78, 5) is 0. The highest BCUT2D eigenvalue weighted by Crippen LogP contribution is 2.95. The van der Waals surface area contributed by atoms with E-state index in [1.165, 1.54) is 71.0 Å². The minimum Gasteiger partial charge on any atom is -0.0496 e. The summed E-state index contributed by atoms with van der Waals surface area (Å²) in [6.07, 6.45) is 8.25. The lowest BCUT2D eigenvalue weighted by atomic mass is 9.08. The molecule has 0 saturated heterocycles. The molecule has 8 rings (SSSR count). The first kappa shape index (κ1) is 8.32. The zero-order chi connectivity index (χ0) is 11.0. The van der Waals surface area contributed by atoms with Crippen LogP contribution in [0.25, 0.3) is 0 Å². The van der Waals surface area contributed by atoms with Crippen LogP contribution in [-0.2, 0) is 0 Å². The summed E-state index contributed by atoms with van der Waals surface area (Å²) in [5, 5.41) is 0. The van der Waals surface area contributed by atoms with E-state index in [0.29, 0.717) is 0 Å². The number of rotatable bonds is 0. The smallest absolute Gasteiger partial charge is 0.0204 e. The quantitative estimate of drug-likeness (QED) is 0.567. The van der Waals surface area contributed by atoms with Crippen LogP contribution in [0.5, 0.6) is 0 Å². The molecule has 0 amide bonds. The van der Waals surface area contributed by atoms with E-state index >= 15 is 0 Å². The average molecular weight is 238 g/mol. The van der Waals surface area contributed by atoms with Gasteiger partial charge >= 0.3 is 0 Å². The third-order valence-electron chi connectivity index (χ3n) is 10.8. The summed E-state index contributed by atoms with van der Waals surface area (Å²) in [7, 11) is 0. The molecule has 0 aromatic heterocycles. The van der Waals surface area contributed by atoms with Crippen molar-refractivity contribution in [2.24, 2.45) is 76.4 Å². The first-order chi connectivity index (χ1) is 8.93. The normalized spacial score (nSPS) is 89.3. The van der Waals surface area contributed by atoms with Gasteiger partial charge in [-0.2, -0.15) is 0 Å². The van der Waals surface area contributed by atoms with E-state index in [2.05, 4.69) is 0 Å². The van der Waals surface area contributed by atoms with Crippen LogP contribution in [0.15, 0.2) is 0 Å². The lowest BCUT2D eigenvalue weighted by Crippen LogP contribution is -2.92. The molecular weight excluding hydrogens is 216 g/mol. The summed E-state index contributed by atoms with van der Waals surface area (Å²) >= 11 is 0. The molecule has 13 atom stereocenters. The minimum atomic E-state index is 1.02. The molecule has 8 saturated carbocycles. The van der Waals surface area contributed by atoms with E-state index in [4.69, 9.17) is 0 Å². The molecule has 8 aliphatic rings. The van der Waals surface area contributed by atoms with Crippen LogP contribution in [0.4, 0.5) is 0 Å². The molecule has 0 radical (unpaired) electrons. The first-order valence-corrected chi connectivity index (χ1v) is 8.93. The third-order valence-corrected chi connectivity index (χ3v) is 10.8. The molecule has 1 spiro atoms. The van der Waals surface area contributed by atoms with Gasteiger partial charge < -0.3 is 0 Å². The summed E-state index contributed by atoms with van der Waals surface area (Å²) in [5.41, 5.74) is 1.02. The first-order valence-electron chi connectivity index (χ1n) is 8.93. The fourth-order valence-electron chi connectivity index (χ4n) is 10.3. The maximum atomic E-state index is 1.68. The molecule has 8 fully saturated rings. The van der Waals surface area contributed by atoms with Gasteiger partial charge in [0.1, 0.15) is 0 Å². The monoisotopic (exact) mass is 238 g/mol. The van der Waals surface area contributed by atoms with Crippen molar-refractivity contribution >= 4 is 0 Å². The minimum absolute atomic E-state index is 1.02. The van der Waals surface area contributed by atoms with Gasteiger partial charge in [0, 0.05) is 0 Å². The van der Waals surface area contributed by atoms with Crippen LogP contribution in [0.2, 0.25) is 0 Å². The van der Waals surface area contributed by atoms with Gasteiger partial charge in [-0.1, -0.05) is 0 Å². The van der Waals surface area contributed by atoms with Gasteiger partial charge in [0.25, 0.3) is 0 Å². The standard InChI is InChI=1S/C18H22/c1-2-8-7(1)10-11(8)14-13(10)15-12-9-5-6-3-4-18(6,9)17(12)16(14)15/h6-17H,1-5H2. The number of fused-ring (bicyclic) bond motifs is 14. The maximum Gasteiger partial charge on any atom is -0.0204 e. The molecular formula is C18H22. The lowest BCUT2D eigenvalue weighted by Gasteiger charge is -2.96. The van der Waals surface area contributed by atoms with Crippen molar-refractivity contribution in [3.05, 3.63) is 0 Å². The van der Waals surface area contributed by atoms with Crippen LogP contribution < -0.4 is 0 Å². The highest BCUT2D eigenvalue weighted by atomic mass is 15.0. The Morgan fingerprint density at radius 2 is 1.39 bits per heavy atom. The Kier molecular flexibility index (Phi) is 0.911. The Hall–Kier alpha value is 0. The average Bonchev–Trinajstić information content (AvgIpc) is 2.29. The molecule has 0 bridgehead atoms. The van der Waals surface area contributed by atoms with Crippen molar-refractivity contribution in [1.82, 2.24) is 0 Å². The zero-order valence-electron chi connectivity index (χ0n) is 11.0. The van der Waals surface area contributed by atoms with E-state index in [9.17, 15) is 0 Å². The largest absolute Gasteiger partial charge is 0.0496 e. The molecule has 94 valence electrons. The number of hydrogen-bond acceptors (Lipinski definition) is 0. The predicted molar refractivity (Wildman–Crippen MR) is 67.4 cm³/mol. The van der Waals surface area contributed by atoms with Crippen molar-refractivity contribution in [2.45, 2.75) is 32.1 Å². The highest BCUT2D eigenvalue weighted by molar-refractivity contribution is 5.38. The van der Waals surface area contributed by atoms with Gasteiger partial charge in [-0.3, -0.25) is 0 Å². The molecule has 0 aromatic rings. The molecule has 0 nitrogen and oxygen atoms in total. The molecule has 0 aliphatic heterocycles. The Morgan fingerprint density at radius 3 is 2.00 bits per heavy atom. The topological polar surface area (TPSA) is 0 Å². The van der Waals surface area contributed by atoms with Crippen LogP contribution in [0, 0.1) is 76.4 Å². The number of hydrogen-bond donors (Lipinski definition) is 0. The predicted octanol–water partition coefficient (Wildman–Crippen LogP) is 3.43. The molecule has 0 heterocycles. The maximum absolute atomic E-state index is 1.68. The van der Waals surface area contributed by atoms with Crippen LogP contribution in [0.1, 0.15) is 32.1 Å². The van der Waals surface area contributed by atoms with Crippen molar-refractivity contribution < 1.29 is 0 Å². The van der Waals surface area contributed by atoms with Crippen molar-refractivity contribution in [3.8, 4) is 0 Å². The Morgan fingerprint density at radius 1 is 0.667 bits per heavy atom. The van der Waals surface area contributed by atoms with E-state index in [1.807, 2.05) is 0 Å².